The molecular weight excluding hydrogens is 789 g/mol. The van der Waals surface area contributed by atoms with E-state index in [2.05, 4.69) is 162 Å². The maximum Gasteiger partial charge on any atom is 0.164 e. The maximum atomic E-state index is 6.40. The lowest BCUT2D eigenvalue weighted by Crippen LogP contribution is -2.00. The van der Waals surface area contributed by atoms with Crippen molar-refractivity contribution >= 4 is 75.3 Å². The maximum absolute atomic E-state index is 6.40. The Morgan fingerprint density at radius 3 is 1.73 bits per heavy atom. The SMILES string of the molecule is c1ccc(-c2nc(-c3ccccc3)nc(-c3cccc4sc5ccc(-c6ccc7c(c6)c6ccccc6n7-c6ccc(-c7cccc8c7oc7ccccc78)cc6)cc5c34)n2)cc1. The molecule has 0 unspecified atom stereocenters. The van der Waals surface area contributed by atoms with Gasteiger partial charge in [0.2, 0.25) is 0 Å². The number of rotatable bonds is 6. The molecule has 0 radical (unpaired) electrons. The highest BCUT2D eigenvalue weighted by Crippen LogP contribution is 2.43. The third-order valence-electron chi connectivity index (χ3n) is 12.3. The molecule has 4 heterocycles. The Morgan fingerprint density at radius 2 is 0.952 bits per heavy atom. The molecule has 0 amide bonds. The predicted molar refractivity (Wildman–Crippen MR) is 262 cm³/mol. The molecule has 6 heteroatoms. The van der Waals surface area contributed by atoms with Crippen molar-refractivity contribution in [1.29, 1.82) is 0 Å². The van der Waals surface area contributed by atoms with E-state index in [9.17, 15) is 0 Å². The molecule has 13 rings (SSSR count). The number of nitrogens with zero attached hydrogens (tertiary/aromatic N) is 4. The minimum Gasteiger partial charge on any atom is -0.455 e. The Labute approximate surface area is 365 Å². The predicted octanol–water partition coefficient (Wildman–Crippen LogP) is 15.6. The average Bonchev–Trinajstić information content (AvgIpc) is 4.04. The molecule has 5 nitrogen and oxygen atoms in total. The molecule has 0 fully saturated rings. The second kappa shape index (κ2) is 14.2. The van der Waals surface area contributed by atoms with Crippen molar-refractivity contribution < 1.29 is 4.42 Å². The fourth-order valence-corrected chi connectivity index (χ4v) is 10.4. The molecule has 0 aliphatic carbocycles. The van der Waals surface area contributed by atoms with Crippen molar-refractivity contribution in [1.82, 2.24) is 19.5 Å². The second-order valence-electron chi connectivity index (χ2n) is 15.9. The van der Waals surface area contributed by atoms with Crippen LogP contribution >= 0.6 is 11.3 Å². The fraction of sp³-hybridized carbons (Fsp3) is 0. The van der Waals surface area contributed by atoms with Gasteiger partial charge in [0, 0.05) is 69.7 Å². The van der Waals surface area contributed by atoms with Crippen LogP contribution in [0.15, 0.2) is 211 Å². The highest BCUT2D eigenvalue weighted by atomic mass is 32.1. The Kier molecular flexibility index (Phi) is 8.01. The number of thiophene rings is 1. The molecule has 0 aliphatic rings. The Balaban J connectivity index is 0.921. The van der Waals surface area contributed by atoms with Gasteiger partial charge in [0.25, 0.3) is 0 Å². The summed E-state index contributed by atoms with van der Waals surface area (Å²) in [4.78, 5) is 15.2. The minimum atomic E-state index is 0.653. The van der Waals surface area contributed by atoms with E-state index in [0.717, 1.165) is 77.5 Å². The summed E-state index contributed by atoms with van der Waals surface area (Å²) in [6.07, 6.45) is 0. The molecule has 0 saturated heterocycles. The van der Waals surface area contributed by atoms with Gasteiger partial charge in [-0.05, 0) is 71.3 Å². The molecule has 0 spiro atoms. The molecule has 13 aromatic rings. The lowest BCUT2D eigenvalue weighted by atomic mass is 9.99. The van der Waals surface area contributed by atoms with Gasteiger partial charge >= 0.3 is 0 Å². The summed E-state index contributed by atoms with van der Waals surface area (Å²) in [6.45, 7) is 0. The summed E-state index contributed by atoms with van der Waals surface area (Å²) in [5, 5.41) is 7.04. The zero-order chi connectivity index (χ0) is 41.4. The van der Waals surface area contributed by atoms with Crippen LogP contribution < -0.4 is 0 Å². The van der Waals surface area contributed by atoms with Crippen LogP contribution in [0.25, 0.3) is 126 Å². The van der Waals surface area contributed by atoms with E-state index in [1.807, 2.05) is 48.5 Å². The van der Waals surface area contributed by atoms with Crippen LogP contribution in [0.2, 0.25) is 0 Å². The number of benzene rings is 9. The third kappa shape index (κ3) is 5.80. The number of hydrogen-bond donors (Lipinski definition) is 0. The first-order valence-electron chi connectivity index (χ1n) is 21.1. The van der Waals surface area contributed by atoms with Crippen molar-refractivity contribution in [2.24, 2.45) is 0 Å². The summed E-state index contributed by atoms with van der Waals surface area (Å²) in [5.41, 5.74) is 12.7. The van der Waals surface area contributed by atoms with Crippen molar-refractivity contribution in [2.45, 2.75) is 0 Å². The van der Waals surface area contributed by atoms with E-state index >= 15 is 0 Å². The molecule has 0 bridgehead atoms. The van der Waals surface area contributed by atoms with Crippen molar-refractivity contribution in [3.8, 4) is 62.1 Å². The minimum absolute atomic E-state index is 0.653. The van der Waals surface area contributed by atoms with E-state index in [1.165, 1.54) is 31.1 Å². The summed E-state index contributed by atoms with van der Waals surface area (Å²) in [6, 6.07) is 72.8. The van der Waals surface area contributed by atoms with Gasteiger partial charge in [0.1, 0.15) is 11.2 Å². The normalized spacial score (nSPS) is 11.8. The van der Waals surface area contributed by atoms with Gasteiger partial charge in [0.05, 0.1) is 11.0 Å². The van der Waals surface area contributed by atoms with E-state index in [4.69, 9.17) is 19.4 Å². The highest BCUT2D eigenvalue weighted by Gasteiger charge is 2.19. The zero-order valence-electron chi connectivity index (χ0n) is 33.7. The second-order valence-corrected chi connectivity index (χ2v) is 17.0. The fourth-order valence-electron chi connectivity index (χ4n) is 9.32. The quantitative estimate of drug-likeness (QED) is 0.168. The number of fused-ring (bicyclic) bond motifs is 9. The lowest BCUT2D eigenvalue weighted by molar-refractivity contribution is 0.670. The topological polar surface area (TPSA) is 56.7 Å². The highest BCUT2D eigenvalue weighted by molar-refractivity contribution is 7.26. The average molecular weight is 823 g/mol. The zero-order valence-corrected chi connectivity index (χ0v) is 34.6. The summed E-state index contributed by atoms with van der Waals surface area (Å²) >= 11 is 1.80. The number of hydrogen-bond acceptors (Lipinski definition) is 5. The van der Waals surface area contributed by atoms with E-state index in [-0.39, 0.29) is 0 Å². The van der Waals surface area contributed by atoms with Gasteiger partial charge in [0.15, 0.2) is 17.5 Å². The van der Waals surface area contributed by atoms with Gasteiger partial charge in [-0.1, -0.05) is 152 Å². The van der Waals surface area contributed by atoms with Crippen molar-refractivity contribution in [3.63, 3.8) is 0 Å². The Morgan fingerprint density at radius 1 is 0.365 bits per heavy atom. The largest absolute Gasteiger partial charge is 0.455 e. The number of para-hydroxylation sites is 3. The van der Waals surface area contributed by atoms with Gasteiger partial charge < -0.3 is 8.98 Å². The van der Waals surface area contributed by atoms with Crippen LogP contribution in [0.3, 0.4) is 0 Å². The summed E-state index contributed by atoms with van der Waals surface area (Å²) < 4.78 is 11.2. The van der Waals surface area contributed by atoms with Crippen molar-refractivity contribution in [3.05, 3.63) is 206 Å². The van der Waals surface area contributed by atoms with E-state index in [1.54, 1.807) is 11.3 Å². The molecule has 63 heavy (non-hydrogen) atoms. The van der Waals surface area contributed by atoms with Crippen LogP contribution in [-0.4, -0.2) is 19.5 Å². The van der Waals surface area contributed by atoms with Crippen LogP contribution in [0.4, 0.5) is 0 Å². The number of furan rings is 1. The molecule has 4 aromatic heterocycles. The monoisotopic (exact) mass is 822 g/mol. The van der Waals surface area contributed by atoms with Crippen LogP contribution in [-0.2, 0) is 0 Å². The molecular formula is C57H34N4OS. The first kappa shape index (κ1) is 35.6. The van der Waals surface area contributed by atoms with Gasteiger partial charge in [-0.2, -0.15) is 0 Å². The lowest BCUT2D eigenvalue weighted by Gasteiger charge is -2.10. The molecule has 0 saturated carbocycles. The van der Waals surface area contributed by atoms with Crippen molar-refractivity contribution in [2.75, 3.05) is 0 Å². The Bertz CT molecular complexity index is 3850. The molecule has 9 aromatic carbocycles. The summed E-state index contributed by atoms with van der Waals surface area (Å²) in [5.74, 6) is 1.97. The van der Waals surface area contributed by atoms with Gasteiger partial charge in [-0.15, -0.1) is 11.3 Å². The Hall–Kier alpha value is -8.19. The molecule has 0 atom stereocenters. The van der Waals surface area contributed by atoms with Crippen LogP contribution in [0.1, 0.15) is 0 Å². The van der Waals surface area contributed by atoms with Gasteiger partial charge in [-0.3, -0.25) is 0 Å². The first-order valence-corrected chi connectivity index (χ1v) is 21.9. The van der Waals surface area contributed by atoms with E-state index < -0.39 is 0 Å². The van der Waals surface area contributed by atoms with Crippen LogP contribution in [0.5, 0.6) is 0 Å². The number of aromatic nitrogens is 4. The molecule has 0 aliphatic heterocycles. The molecule has 294 valence electrons. The first-order chi connectivity index (χ1) is 31.2. The van der Waals surface area contributed by atoms with Gasteiger partial charge in [-0.25, -0.2) is 15.0 Å². The third-order valence-corrected chi connectivity index (χ3v) is 13.4. The molecule has 0 N–H and O–H groups in total. The smallest absolute Gasteiger partial charge is 0.164 e. The summed E-state index contributed by atoms with van der Waals surface area (Å²) in [7, 11) is 0. The van der Waals surface area contributed by atoms with E-state index in [0.29, 0.717) is 17.5 Å². The standard InChI is InChI=1S/C57H34N4OS/c1-3-13-36(14-4-1)55-58-56(37-15-5-2-6-16-37)60-57(59-55)45-21-12-24-52-53(45)47-34-39(28-32-51(47)63-52)38-27-31-49-46(33-38)42-17-7-9-22-48(42)61(49)40-29-25-35(26-30-40)41-19-11-20-44-43-18-8-10-23-50(43)62-54(41)44/h1-34H. The van der Waals surface area contributed by atoms with Crippen LogP contribution in [0, 0.1) is 0 Å².